The maximum atomic E-state index is 12.9. The summed E-state index contributed by atoms with van der Waals surface area (Å²) in [5, 5.41) is 0.213. The van der Waals surface area contributed by atoms with Gasteiger partial charge in [0.1, 0.15) is 0 Å². The van der Waals surface area contributed by atoms with E-state index in [9.17, 15) is 13.2 Å². The minimum absolute atomic E-state index is 0.112. The molecule has 6 heteroatoms. The van der Waals surface area contributed by atoms with Crippen molar-refractivity contribution in [2.75, 3.05) is 12.3 Å². The summed E-state index contributed by atoms with van der Waals surface area (Å²) in [6.07, 6.45) is 1.89. The van der Waals surface area contributed by atoms with E-state index in [0.29, 0.717) is 6.54 Å². The molecule has 2 aromatic carbocycles. The Bertz CT molecular complexity index is 970. The zero-order valence-electron chi connectivity index (χ0n) is 14.6. The molecule has 0 spiro atoms. The van der Waals surface area contributed by atoms with Crippen molar-refractivity contribution < 1.29 is 13.2 Å². The fraction of sp³-hybridized carbons (Fsp3) is 0.250. The molecule has 1 amide bonds. The lowest BCUT2D eigenvalue weighted by Crippen LogP contribution is -2.34. The third-order valence-corrected chi connectivity index (χ3v) is 6.94. The number of hydrogen-bond acceptors (Lipinski definition) is 3. The van der Waals surface area contributed by atoms with E-state index in [2.05, 4.69) is 0 Å². The Morgan fingerprint density at radius 1 is 1.12 bits per heavy atom. The fourth-order valence-corrected chi connectivity index (χ4v) is 5.66. The first-order valence-electron chi connectivity index (χ1n) is 8.26. The van der Waals surface area contributed by atoms with Crippen LogP contribution in [-0.4, -0.2) is 31.5 Å². The van der Waals surface area contributed by atoms with E-state index >= 15 is 0 Å². The minimum Gasteiger partial charge on any atom is -0.311 e. The molecule has 0 fully saturated rings. The molecular formula is C20H20ClNO3S. The number of rotatable bonds is 4. The normalized spacial score (nSPS) is 20.1. The molecule has 0 aliphatic carbocycles. The van der Waals surface area contributed by atoms with E-state index in [1.807, 2.05) is 43.3 Å². The van der Waals surface area contributed by atoms with Gasteiger partial charge in [0.25, 0.3) is 0 Å². The van der Waals surface area contributed by atoms with Crippen molar-refractivity contribution in [3.8, 4) is 0 Å². The van der Waals surface area contributed by atoms with Gasteiger partial charge in [-0.25, -0.2) is 8.42 Å². The third kappa shape index (κ3) is 3.69. The molecule has 1 atom stereocenters. The topological polar surface area (TPSA) is 54.5 Å². The van der Waals surface area contributed by atoms with Crippen LogP contribution in [0.15, 0.2) is 65.6 Å². The third-order valence-electron chi connectivity index (χ3n) is 4.44. The number of amides is 1. The maximum absolute atomic E-state index is 12.9. The van der Waals surface area contributed by atoms with Gasteiger partial charge in [-0.3, -0.25) is 4.79 Å². The van der Waals surface area contributed by atoms with Gasteiger partial charge in [0.05, 0.1) is 15.7 Å². The standard InChI is InChI=1S/C20H20ClNO3S/c1-15(23)22-13-20(2,12-18(22)16-8-4-3-5-9-16)14-26(24,25)19-11-7-6-10-17(19)21/h3-12H,13-14H2,1-2H3. The Hall–Kier alpha value is -2.11. The molecule has 1 aliphatic heterocycles. The summed E-state index contributed by atoms with van der Waals surface area (Å²) in [6, 6.07) is 15.9. The van der Waals surface area contributed by atoms with Crippen molar-refractivity contribution in [2.24, 2.45) is 5.41 Å². The van der Waals surface area contributed by atoms with E-state index in [4.69, 9.17) is 11.6 Å². The van der Waals surface area contributed by atoms with Gasteiger partial charge in [-0.2, -0.15) is 0 Å². The van der Waals surface area contributed by atoms with Gasteiger partial charge in [0.2, 0.25) is 5.91 Å². The minimum atomic E-state index is -3.60. The summed E-state index contributed by atoms with van der Waals surface area (Å²) in [5.41, 5.74) is 0.936. The first-order valence-corrected chi connectivity index (χ1v) is 10.3. The van der Waals surface area contributed by atoms with Crippen LogP contribution >= 0.6 is 11.6 Å². The molecule has 0 N–H and O–H groups in total. The highest BCUT2D eigenvalue weighted by Crippen LogP contribution is 2.39. The quantitative estimate of drug-likeness (QED) is 0.793. The molecule has 0 bridgehead atoms. The van der Waals surface area contributed by atoms with Crippen molar-refractivity contribution in [2.45, 2.75) is 18.7 Å². The molecule has 2 aromatic rings. The largest absolute Gasteiger partial charge is 0.311 e. The summed E-state index contributed by atoms with van der Waals surface area (Å²) in [6.45, 7) is 3.66. The molecular weight excluding hydrogens is 370 g/mol. The van der Waals surface area contributed by atoms with Gasteiger partial charge in [0.15, 0.2) is 9.84 Å². The smallest absolute Gasteiger partial charge is 0.223 e. The lowest BCUT2D eigenvalue weighted by Gasteiger charge is -2.25. The highest BCUT2D eigenvalue weighted by Gasteiger charge is 2.40. The summed E-state index contributed by atoms with van der Waals surface area (Å²) in [5.74, 6) is -0.233. The van der Waals surface area contributed by atoms with E-state index in [1.165, 1.54) is 13.0 Å². The highest BCUT2D eigenvalue weighted by molar-refractivity contribution is 7.91. The summed E-state index contributed by atoms with van der Waals surface area (Å²) >= 11 is 6.08. The number of sulfone groups is 1. The second-order valence-corrected chi connectivity index (χ2v) is 9.21. The van der Waals surface area contributed by atoms with Gasteiger partial charge >= 0.3 is 0 Å². The summed E-state index contributed by atoms with van der Waals surface area (Å²) < 4.78 is 25.8. The van der Waals surface area contributed by atoms with Gasteiger partial charge < -0.3 is 4.90 Å². The Kier molecular flexibility index (Phi) is 4.95. The Balaban J connectivity index is 1.98. The van der Waals surface area contributed by atoms with Crippen LogP contribution in [0.2, 0.25) is 5.02 Å². The first-order chi connectivity index (χ1) is 12.2. The van der Waals surface area contributed by atoms with Gasteiger partial charge in [-0.15, -0.1) is 0 Å². The van der Waals surface area contributed by atoms with Crippen molar-refractivity contribution >= 4 is 33.0 Å². The molecule has 136 valence electrons. The molecule has 1 unspecified atom stereocenters. The highest BCUT2D eigenvalue weighted by atomic mass is 35.5. The lowest BCUT2D eigenvalue weighted by molar-refractivity contribution is -0.125. The maximum Gasteiger partial charge on any atom is 0.223 e. The van der Waals surface area contributed by atoms with Gasteiger partial charge in [-0.1, -0.05) is 67.1 Å². The average Bonchev–Trinajstić information content (AvgIpc) is 2.93. The molecule has 0 saturated heterocycles. The molecule has 0 radical (unpaired) electrons. The van der Waals surface area contributed by atoms with Gasteiger partial charge in [-0.05, 0) is 17.7 Å². The predicted octanol–water partition coefficient (Wildman–Crippen LogP) is 4.02. The van der Waals surface area contributed by atoms with E-state index in [0.717, 1.165) is 11.3 Å². The van der Waals surface area contributed by atoms with Crippen LogP contribution in [0, 0.1) is 5.41 Å². The summed E-state index contributed by atoms with van der Waals surface area (Å²) in [7, 11) is -3.60. The monoisotopic (exact) mass is 389 g/mol. The Labute approximate surface area is 159 Å². The average molecular weight is 390 g/mol. The number of carbonyl (C=O) groups is 1. The molecule has 0 saturated carbocycles. The summed E-state index contributed by atoms with van der Waals surface area (Å²) in [4.78, 5) is 13.9. The molecule has 4 nitrogen and oxygen atoms in total. The van der Waals surface area contributed by atoms with Crippen LogP contribution in [0.4, 0.5) is 0 Å². The second kappa shape index (κ2) is 6.89. The molecule has 1 aliphatic rings. The zero-order valence-corrected chi connectivity index (χ0v) is 16.2. The Morgan fingerprint density at radius 3 is 2.35 bits per heavy atom. The van der Waals surface area contributed by atoms with Crippen LogP contribution in [0.3, 0.4) is 0 Å². The SMILES string of the molecule is CC(=O)N1CC(C)(CS(=O)(=O)c2ccccc2Cl)C=C1c1ccccc1. The zero-order chi connectivity index (χ0) is 18.9. The molecule has 3 rings (SSSR count). The number of carbonyl (C=O) groups excluding carboxylic acids is 1. The molecule has 0 aromatic heterocycles. The molecule has 1 heterocycles. The number of hydrogen-bond donors (Lipinski definition) is 0. The van der Waals surface area contributed by atoms with Crippen molar-refractivity contribution in [3.63, 3.8) is 0 Å². The van der Waals surface area contributed by atoms with Crippen LogP contribution in [0.25, 0.3) is 5.70 Å². The van der Waals surface area contributed by atoms with E-state index in [-0.39, 0.29) is 21.6 Å². The molecule has 26 heavy (non-hydrogen) atoms. The van der Waals surface area contributed by atoms with Crippen molar-refractivity contribution in [1.29, 1.82) is 0 Å². The second-order valence-electron chi connectivity index (χ2n) is 6.84. The first kappa shape index (κ1) is 18.7. The van der Waals surface area contributed by atoms with Crippen molar-refractivity contribution in [3.05, 3.63) is 71.3 Å². The van der Waals surface area contributed by atoms with Crippen LogP contribution in [-0.2, 0) is 14.6 Å². The van der Waals surface area contributed by atoms with E-state index in [1.54, 1.807) is 23.1 Å². The van der Waals surface area contributed by atoms with Crippen LogP contribution in [0.5, 0.6) is 0 Å². The van der Waals surface area contributed by atoms with Gasteiger partial charge in [0, 0.05) is 24.6 Å². The van der Waals surface area contributed by atoms with Crippen LogP contribution in [0.1, 0.15) is 19.4 Å². The number of benzene rings is 2. The lowest BCUT2D eigenvalue weighted by atomic mass is 9.94. The number of halogens is 1. The van der Waals surface area contributed by atoms with Crippen LogP contribution < -0.4 is 0 Å². The number of nitrogens with zero attached hydrogens (tertiary/aromatic N) is 1. The van der Waals surface area contributed by atoms with E-state index < -0.39 is 15.3 Å². The predicted molar refractivity (Wildman–Crippen MR) is 103 cm³/mol. The fourth-order valence-electron chi connectivity index (χ4n) is 3.33. The van der Waals surface area contributed by atoms with Crippen molar-refractivity contribution in [1.82, 2.24) is 4.90 Å². The Morgan fingerprint density at radius 2 is 1.73 bits per heavy atom.